The Morgan fingerprint density at radius 1 is 0.656 bits per heavy atom. The smallest absolute Gasteiger partial charge is 0.200 e. The molecule has 4 aromatic carbocycles. The minimum atomic E-state index is -3.79. The third-order valence-electron chi connectivity index (χ3n) is 5.45. The molecule has 0 aliphatic rings. The summed E-state index contributed by atoms with van der Waals surface area (Å²) in [7, 11) is -3.79. The maximum Gasteiger partial charge on any atom is 0.276 e. The first-order chi connectivity index (χ1) is 15.5. The zero-order chi connectivity index (χ0) is 22.4. The molecule has 0 aromatic heterocycles. The third-order valence-corrected chi connectivity index (χ3v) is 6.69. The van der Waals surface area contributed by atoms with Gasteiger partial charge in [-0.3, -0.25) is 0 Å². The van der Waals surface area contributed by atoms with Gasteiger partial charge in [0, 0.05) is 6.21 Å². The van der Waals surface area contributed by atoms with Gasteiger partial charge in [0.2, 0.25) is 0 Å². The second-order valence-corrected chi connectivity index (χ2v) is 9.23. The van der Waals surface area contributed by atoms with Crippen LogP contribution in [-0.2, 0) is 15.4 Å². The first-order valence-electron chi connectivity index (χ1n) is 10.3. The predicted molar refractivity (Wildman–Crippen MR) is 129 cm³/mol. The quantitative estimate of drug-likeness (QED) is 0.241. The number of hydrogen-bond acceptors (Lipinski definition) is 3. The highest BCUT2D eigenvalue weighted by Gasteiger charge is 2.35. The van der Waals surface area contributed by atoms with Crippen LogP contribution in [0.2, 0.25) is 0 Å². The second kappa shape index (κ2) is 9.20. The van der Waals surface area contributed by atoms with E-state index in [1.807, 2.05) is 97.9 Å². The van der Waals surface area contributed by atoms with Crippen LogP contribution in [0.1, 0.15) is 22.3 Å². The monoisotopic (exact) mass is 440 g/mol. The van der Waals surface area contributed by atoms with E-state index in [2.05, 4.69) is 9.93 Å². The second-order valence-electron chi connectivity index (χ2n) is 7.57. The van der Waals surface area contributed by atoms with Crippen LogP contribution in [-0.4, -0.2) is 14.6 Å². The van der Waals surface area contributed by atoms with E-state index in [9.17, 15) is 8.42 Å². The number of nitrogens with one attached hydrogen (secondary N) is 1. The first kappa shape index (κ1) is 21.5. The Hall–Kier alpha value is -3.70. The van der Waals surface area contributed by atoms with Gasteiger partial charge >= 0.3 is 0 Å². The van der Waals surface area contributed by atoms with Crippen molar-refractivity contribution >= 4 is 16.2 Å². The molecule has 0 aliphatic heterocycles. The van der Waals surface area contributed by atoms with E-state index in [4.69, 9.17) is 0 Å². The third kappa shape index (κ3) is 4.34. The molecular formula is C27H24N2O2S. The van der Waals surface area contributed by atoms with Gasteiger partial charge < -0.3 is 0 Å². The summed E-state index contributed by atoms with van der Waals surface area (Å²) in [5.41, 5.74) is 3.16. The van der Waals surface area contributed by atoms with Crippen LogP contribution in [0.4, 0.5) is 0 Å². The number of hydrazone groups is 1. The van der Waals surface area contributed by atoms with Gasteiger partial charge in [0.25, 0.3) is 10.0 Å². The summed E-state index contributed by atoms with van der Waals surface area (Å²) in [4.78, 5) is 2.57. The summed E-state index contributed by atoms with van der Waals surface area (Å²) in [5, 5.41) is 4.28. The number of aryl methyl sites for hydroxylation is 1. The topological polar surface area (TPSA) is 58.5 Å². The summed E-state index contributed by atoms with van der Waals surface area (Å²) in [5.74, 6) is 0. The molecule has 4 nitrogen and oxygen atoms in total. The molecule has 0 radical (unpaired) electrons. The highest BCUT2D eigenvalue weighted by atomic mass is 32.2. The number of rotatable bonds is 7. The Morgan fingerprint density at radius 2 is 1.06 bits per heavy atom. The Labute approximate surface area is 189 Å². The molecule has 0 atom stereocenters. The van der Waals surface area contributed by atoms with E-state index < -0.39 is 15.4 Å². The van der Waals surface area contributed by atoms with Crippen molar-refractivity contribution in [2.45, 2.75) is 17.2 Å². The van der Waals surface area contributed by atoms with Crippen molar-refractivity contribution in [3.8, 4) is 0 Å². The zero-order valence-corrected chi connectivity index (χ0v) is 18.5. The Kier molecular flexibility index (Phi) is 6.19. The number of nitrogens with zero attached hydrogens (tertiary/aromatic N) is 1. The highest BCUT2D eigenvalue weighted by Crippen LogP contribution is 2.37. The van der Waals surface area contributed by atoms with Gasteiger partial charge in [-0.25, -0.2) is 4.83 Å². The Bertz CT molecular complexity index is 1190. The van der Waals surface area contributed by atoms with E-state index in [-0.39, 0.29) is 4.90 Å². The average Bonchev–Trinajstić information content (AvgIpc) is 2.84. The Morgan fingerprint density at radius 3 is 1.47 bits per heavy atom. The van der Waals surface area contributed by atoms with Crippen molar-refractivity contribution in [1.29, 1.82) is 0 Å². The number of benzene rings is 4. The molecule has 0 saturated heterocycles. The highest BCUT2D eigenvalue weighted by molar-refractivity contribution is 7.89. The van der Waals surface area contributed by atoms with Crippen molar-refractivity contribution in [3.63, 3.8) is 0 Å². The van der Waals surface area contributed by atoms with Crippen LogP contribution in [0.5, 0.6) is 0 Å². The van der Waals surface area contributed by atoms with Gasteiger partial charge in [-0.2, -0.15) is 13.5 Å². The fourth-order valence-corrected chi connectivity index (χ4v) is 4.58. The van der Waals surface area contributed by atoms with Crippen molar-refractivity contribution in [2.75, 3.05) is 0 Å². The maximum atomic E-state index is 12.8. The van der Waals surface area contributed by atoms with Gasteiger partial charge in [-0.1, -0.05) is 109 Å². The Balaban J connectivity index is 1.83. The van der Waals surface area contributed by atoms with Crippen LogP contribution in [0.25, 0.3) is 0 Å². The van der Waals surface area contributed by atoms with Crippen LogP contribution in [0, 0.1) is 6.92 Å². The fraction of sp³-hybridized carbons (Fsp3) is 0.0741. The van der Waals surface area contributed by atoms with Gasteiger partial charge in [-0.15, -0.1) is 0 Å². The van der Waals surface area contributed by atoms with Gasteiger partial charge in [0.05, 0.1) is 10.3 Å². The average molecular weight is 441 g/mol. The van der Waals surface area contributed by atoms with Crippen molar-refractivity contribution in [2.24, 2.45) is 5.10 Å². The lowest BCUT2D eigenvalue weighted by molar-refractivity contribution is 0.584. The summed E-state index contributed by atoms with van der Waals surface area (Å²) >= 11 is 0. The summed E-state index contributed by atoms with van der Waals surface area (Å²) in [6.07, 6.45) is 1.68. The van der Waals surface area contributed by atoms with E-state index >= 15 is 0 Å². The molecular weight excluding hydrogens is 416 g/mol. The lowest BCUT2D eigenvalue weighted by Gasteiger charge is -2.32. The molecule has 160 valence electrons. The lowest BCUT2D eigenvalue weighted by atomic mass is 9.70. The van der Waals surface area contributed by atoms with E-state index in [1.165, 1.54) is 0 Å². The lowest BCUT2D eigenvalue weighted by Crippen LogP contribution is -2.32. The largest absolute Gasteiger partial charge is 0.276 e. The minimum Gasteiger partial charge on any atom is -0.200 e. The first-order valence-corrected chi connectivity index (χ1v) is 11.8. The molecule has 0 spiro atoms. The van der Waals surface area contributed by atoms with E-state index in [1.54, 1.807) is 30.5 Å². The molecule has 1 N–H and O–H groups in total. The van der Waals surface area contributed by atoms with E-state index in [0.717, 1.165) is 22.3 Å². The molecule has 32 heavy (non-hydrogen) atoms. The predicted octanol–water partition coefficient (Wildman–Crippen LogP) is 5.29. The molecule has 0 unspecified atom stereocenters. The van der Waals surface area contributed by atoms with Crippen molar-refractivity contribution < 1.29 is 8.42 Å². The molecule has 4 aromatic rings. The molecule has 4 rings (SSSR count). The molecule has 0 heterocycles. The van der Waals surface area contributed by atoms with Crippen LogP contribution in [0.15, 0.2) is 125 Å². The molecule has 0 aliphatic carbocycles. The summed E-state index contributed by atoms with van der Waals surface area (Å²) in [6, 6.07) is 36.6. The van der Waals surface area contributed by atoms with Gasteiger partial charge in [0.1, 0.15) is 0 Å². The number of sulfonamides is 1. The normalized spacial score (nSPS) is 12.0. The summed E-state index contributed by atoms with van der Waals surface area (Å²) < 4.78 is 25.6. The fourth-order valence-electron chi connectivity index (χ4n) is 3.79. The van der Waals surface area contributed by atoms with E-state index in [0.29, 0.717) is 0 Å². The summed E-state index contributed by atoms with van der Waals surface area (Å²) in [6.45, 7) is 1.91. The standard InChI is InChI=1S/C27H24N2O2S/c1-22-17-19-26(20-18-22)32(30,31)29-28-21-27(23-11-5-2-6-12-23,24-13-7-3-8-14-24)25-15-9-4-10-16-25/h2-21,29H,1H3/b28-21+. The zero-order valence-electron chi connectivity index (χ0n) is 17.7. The molecule has 0 amide bonds. The molecule has 0 saturated carbocycles. The van der Waals surface area contributed by atoms with Gasteiger partial charge in [-0.05, 0) is 35.7 Å². The van der Waals surface area contributed by atoms with Crippen molar-refractivity contribution in [1.82, 2.24) is 4.83 Å². The van der Waals surface area contributed by atoms with Crippen LogP contribution >= 0.6 is 0 Å². The van der Waals surface area contributed by atoms with Gasteiger partial charge in [0.15, 0.2) is 0 Å². The number of hydrogen-bond donors (Lipinski definition) is 1. The molecule has 0 bridgehead atoms. The minimum absolute atomic E-state index is 0.171. The maximum absolute atomic E-state index is 12.8. The molecule has 0 fully saturated rings. The van der Waals surface area contributed by atoms with Crippen molar-refractivity contribution in [3.05, 3.63) is 138 Å². The molecule has 5 heteroatoms. The van der Waals surface area contributed by atoms with Crippen LogP contribution < -0.4 is 4.83 Å². The SMILES string of the molecule is Cc1ccc(S(=O)(=O)N/N=C/C(c2ccccc2)(c2ccccc2)c2ccccc2)cc1. The van der Waals surface area contributed by atoms with Crippen LogP contribution in [0.3, 0.4) is 0 Å².